The number of nitrogens with zero attached hydrogens (tertiary/aromatic N) is 1. The lowest BCUT2D eigenvalue weighted by molar-refractivity contribution is -0.131. The van der Waals surface area contributed by atoms with Crippen LogP contribution >= 0.6 is 0 Å². The molecule has 6 nitrogen and oxygen atoms in total. The number of benzene rings is 3. The first-order valence-corrected chi connectivity index (χ1v) is 13.4. The van der Waals surface area contributed by atoms with E-state index in [-0.39, 0.29) is 28.3 Å². The molecule has 0 atom stereocenters. The van der Waals surface area contributed by atoms with Crippen LogP contribution in [0.4, 0.5) is 10.1 Å². The van der Waals surface area contributed by atoms with E-state index in [1.165, 1.54) is 23.8 Å². The molecule has 1 aliphatic rings. The van der Waals surface area contributed by atoms with E-state index in [2.05, 4.69) is 37.6 Å². The van der Waals surface area contributed by atoms with Crippen molar-refractivity contribution in [1.29, 1.82) is 0 Å². The summed E-state index contributed by atoms with van der Waals surface area (Å²) in [7, 11) is -4.02. The van der Waals surface area contributed by atoms with E-state index in [0.717, 1.165) is 22.8 Å². The van der Waals surface area contributed by atoms with Gasteiger partial charge in [0.05, 0.1) is 23.6 Å². The SMILES string of the molecule is CCOc1ccc(NS(=O)(=O)c2ccc3c(c2)CN(C(=O)Cc2ccc(C(C)(C)C)cc2)C3)c(F)c1. The van der Waals surface area contributed by atoms with E-state index in [4.69, 9.17) is 4.74 Å². The molecule has 3 aromatic carbocycles. The highest BCUT2D eigenvalue weighted by Gasteiger charge is 2.26. The Bertz CT molecular complexity index is 1380. The summed E-state index contributed by atoms with van der Waals surface area (Å²) in [4.78, 5) is 14.7. The van der Waals surface area contributed by atoms with Crippen LogP contribution < -0.4 is 9.46 Å². The number of sulfonamides is 1. The first-order chi connectivity index (χ1) is 17.0. The minimum Gasteiger partial charge on any atom is -0.494 e. The Hall–Kier alpha value is -3.39. The van der Waals surface area contributed by atoms with E-state index >= 15 is 0 Å². The summed E-state index contributed by atoms with van der Waals surface area (Å²) >= 11 is 0. The van der Waals surface area contributed by atoms with Crippen molar-refractivity contribution in [3.05, 3.63) is 88.7 Å². The highest BCUT2D eigenvalue weighted by Crippen LogP contribution is 2.29. The van der Waals surface area contributed by atoms with Crippen LogP contribution in [0.2, 0.25) is 0 Å². The molecular weight excluding hydrogens is 479 g/mol. The first kappa shape index (κ1) is 25.7. The Morgan fingerprint density at radius 1 is 1.00 bits per heavy atom. The smallest absolute Gasteiger partial charge is 0.261 e. The molecule has 1 aliphatic heterocycles. The molecule has 3 aromatic rings. The molecule has 0 aliphatic carbocycles. The molecule has 0 spiro atoms. The van der Waals surface area contributed by atoms with Gasteiger partial charge < -0.3 is 9.64 Å². The molecule has 0 radical (unpaired) electrons. The van der Waals surface area contributed by atoms with Gasteiger partial charge in [-0.2, -0.15) is 0 Å². The minimum atomic E-state index is -4.02. The van der Waals surface area contributed by atoms with Gasteiger partial charge in [0.2, 0.25) is 5.91 Å². The zero-order valence-electron chi connectivity index (χ0n) is 21.0. The maximum absolute atomic E-state index is 14.4. The monoisotopic (exact) mass is 510 g/mol. The number of carbonyl (C=O) groups is 1. The van der Waals surface area contributed by atoms with Crippen molar-refractivity contribution < 1.29 is 22.3 Å². The maximum atomic E-state index is 14.4. The number of ether oxygens (including phenoxy) is 1. The summed E-state index contributed by atoms with van der Waals surface area (Å²) in [5.74, 6) is -0.419. The molecule has 0 fully saturated rings. The van der Waals surface area contributed by atoms with Gasteiger partial charge in [0, 0.05) is 19.2 Å². The molecule has 4 rings (SSSR count). The molecule has 8 heteroatoms. The molecule has 0 bridgehead atoms. The molecule has 190 valence electrons. The van der Waals surface area contributed by atoms with E-state index in [1.807, 2.05) is 12.1 Å². The number of halogens is 1. The topological polar surface area (TPSA) is 75.7 Å². The van der Waals surface area contributed by atoms with Gasteiger partial charge in [-0.3, -0.25) is 9.52 Å². The molecule has 0 aromatic heterocycles. The van der Waals surface area contributed by atoms with Crippen LogP contribution in [0, 0.1) is 5.82 Å². The average molecular weight is 511 g/mol. The fourth-order valence-electron chi connectivity index (χ4n) is 4.16. The predicted molar refractivity (Wildman–Crippen MR) is 138 cm³/mol. The number of anilines is 1. The van der Waals surface area contributed by atoms with E-state index < -0.39 is 15.8 Å². The standard InChI is InChI=1S/C28H31FN2O4S/c1-5-35-23-11-13-26(25(29)16-23)30-36(33,34)24-12-8-20-17-31(18-21(20)15-24)27(32)14-19-6-9-22(10-7-19)28(2,3)4/h6-13,15-16,30H,5,14,17-18H2,1-4H3. The number of nitrogens with one attached hydrogen (secondary N) is 1. The quantitative estimate of drug-likeness (QED) is 0.461. The third-order valence-corrected chi connectivity index (χ3v) is 7.60. The van der Waals surface area contributed by atoms with E-state index in [9.17, 15) is 17.6 Å². The Morgan fingerprint density at radius 2 is 1.69 bits per heavy atom. The van der Waals surface area contributed by atoms with Crippen LogP contribution in [0.5, 0.6) is 5.75 Å². The van der Waals surface area contributed by atoms with Crippen molar-refractivity contribution in [3.63, 3.8) is 0 Å². The maximum Gasteiger partial charge on any atom is 0.261 e. The molecule has 36 heavy (non-hydrogen) atoms. The third kappa shape index (κ3) is 5.70. The summed E-state index contributed by atoms with van der Waals surface area (Å²) in [5, 5.41) is 0. The number of hydrogen-bond donors (Lipinski definition) is 1. The highest BCUT2D eigenvalue weighted by atomic mass is 32.2. The Balaban J connectivity index is 1.44. The van der Waals surface area contributed by atoms with Crippen molar-refractivity contribution in [2.45, 2.75) is 57.5 Å². The van der Waals surface area contributed by atoms with Crippen molar-refractivity contribution in [2.75, 3.05) is 11.3 Å². The van der Waals surface area contributed by atoms with Crippen molar-refractivity contribution >= 4 is 21.6 Å². The summed E-state index contributed by atoms with van der Waals surface area (Å²) in [6.07, 6.45) is 0.280. The molecule has 0 saturated carbocycles. The predicted octanol–water partition coefficient (Wildman–Crippen LogP) is 5.41. The average Bonchev–Trinajstić information content (AvgIpc) is 3.25. The van der Waals surface area contributed by atoms with Gasteiger partial charge in [-0.05, 0) is 58.9 Å². The number of rotatable bonds is 7. The van der Waals surface area contributed by atoms with Crippen molar-refractivity contribution in [3.8, 4) is 5.75 Å². The lowest BCUT2D eigenvalue weighted by atomic mass is 9.86. The molecule has 0 saturated heterocycles. The van der Waals surface area contributed by atoms with Gasteiger partial charge in [-0.15, -0.1) is 0 Å². The highest BCUT2D eigenvalue weighted by molar-refractivity contribution is 7.92. The lowest BCUT2D eigenvalue weighted by Gasteiger charge is -2.19. The molecule has 1 N–H and O–H groups in total. The number of fused-ring (bicyclic) bond motifs is 1. The second-order valence-corrected chi connectivity index (χ2v) is 11.7. The third-order valence-electron chi connectivity index (χ3n) is 6.23. The van der Waals surface area contributed by atoms with Crippen LogP contribution in [0.1, 0.15) is 49.9 Å². The molecule has 1 amide bonds. The van der Waals surface area contributed by atoms with Crippen molar-refractivity contribution in [1.82, 2.24) is 4.90 Å². The lowest BCUT2D eigenvalue weighted by Crippen LogP contribution is -2.26. The van der Waals surface area contributed by atoms with Crippen LogP contribution in [0.3, 0.4) is 0 Å². The minimum absolute atomic E-state index is 0.0154. The normalized spacial score (nSPS) is 13.4. The first-order valence-electron chi connectivity index (χ1n) is 11.9. The summed E-state index contributed by atoms with van der Waals surface area (Å²) < 4.78 is 47.8. The molecule has 0 unspecified atom stereocenters. The second kappa shape index (κ2) is 9.93. The van der Waals surface area contributed by atoms with E-state index in [0.29, 0.717) is 25.4 Å². The largest absolute Gasteiger partial charge is 0.494 e. The summed E-state index contributed by atoms with van der Waals surface area (Å²) in [5.41, 5.74) is 3.70. The van der Waals surface area contributed by atoms with Crippen LogP contribution in [-0.4, -0.2) is 25.8 Å². The van der Waals surface area contributed by atoms with Gasteiger partial charge in [0.25, 0.3) is 10.0 Å². The zero-order valence-corrected chi connectivity index (χ0v) is 21.8. The number of amides is 1. The molecule has 1 heterocycles. The van der Waals surface area contributed by atoms with Gasteiger partial charge in [0.1, 0.15) is 5.75 Å². The van der Waals surface area contributed by atoms with Crippen molar-refractivity contribution in [2.24, 2.45) is 0 Å². The fraction of sp³-hybridized carbons (Fsp3) is 0.321. The van der Waals surface area contributed by atoms with Crippen LogP contribution in [0.15, 0.2) is 65.6 Å². The molecular formula is C28H31FN2O4S. The summed E-state index contributed by atoms with van der Waals surface area (Å²) in [6, 6.07) is 16.8. The van der Waals surface area contributed by atoms with Gasteiger partial charge >= 0.3 is 0 Å². The van der Waals surface area contributed by atoms with Gasteiger partial charge in [-0.1, -0.05) is 51.1 Å². The number of hydrogen-bond acceptors (Lipinski definition) is 4. The van der Waals surface area contributed by atoms with Crippen LogP contribution in [0.25, 0.3) is 0 Å². The zero-order chi connectivity index (χ0) is 26.1. The Kier molecular flexibility index (Phi) is 7.09. The van der Waals surface area contributed by atoms with Gasteiger partial charge in [0.15, 0.2) is 5.82 Å². The fourth-order valence-corrected chi connectivity index (χ4v) is 5.28. The van der Waals surface area contributed by atoms with E-state index in [1.54, 1.807) is 24.0 Å². The van der Waals surface area contributed by atoms with Gasteiger partial charge in [-0.25, -0.2) is 12.8 Å². The Morgan fingerprint density at radius 3 is 2.33 bits per heavy atom. The summed E-state index contributed by atoms with van der Waals surface area (Å²) in [6.45, 7) is 9.35. The van der Waals surface area contributed by atoms with Crippen LogP contribution in [-0.2, 0) is 39.7 Å². The second-order valence-electron chi connectivity index (χ2n) is 9.98. The number of carbonyl (C=O) groups excluding carboxylic acids is 1. The Labute approximate surface area is 212 Å².